The number of amides is 1. The maximum Gasteiger partial charge on any atom is 0.234 e. The number of aliphatic hydroxyl groups is 1. The molecule has 0 atom stereocenters. The zero-order valence-electron chi connectivity index (χ0n) is 13.0. The van der Waals surface area contributed by atoms with E-state index in [-0.39, 0.29) is 5.84 Å². The van der Waals surface area contributed by atoms with Gasteiger partial charge in [-0.3, -0.25) is 4.79 Å². The molecule has 0 spiro atoms. The van der Waals surface area contributed by atoms with Crippen molar-refractivity contribution >= 4 is 35.6 Å². The van der Waals surface area contributed by atoms with Gasteiger partial charge in [0.2, 0.25) is 6.41 Å². The summed E-state index contributed by atoms with van der Waals surface area (Å²) in [7, 11) is 1.00. The molecule has 1 aromatic carbocycles. The average Bonchev–Trinajstić information content (AvgIpc) is 3.43. The Bertz CT molecular complexity index is 751. The molecule has 24 heavy (non-hydrogen) atoms. The number of aromatic nitrogens is 2. The van der Waals surface area contributed by atoms with Gasteiger partial charge in [-0.25, -0.2) is 9.97 Å². The van der Waals surface area contributed by atoms with Gasteiger partial charge < -0.3 is 10.8 Å². The highest BCUT2D eigenvalue weighted by atomic mass is 35.5. The van der Waals surface area contributed by atoms with E-state index < -0.39 is 0 Å². The number of aliphatic imine (C=N–C) groups is 1. The molecule has 0 aliphatic heterocycles. The molecule has 1 saturated carbocycles. The van der Waals surface area contributed by atoms with Crippen molar-refractivity contribution in [2.24, 2.45) is 10.7 Å². The van der Waals surface area contributed by atoms with Crippen LogP contribution in [0.5, 0.6) is 0 Å². The van der Waals surface area contributed by atoms with Crippen LogP contribution in [0.1, 0.15) is 18.5 Å². The predicted octanol–water partition coefficient (Wildman–Crippen LogP) is 2.52. The second kappa shape index (κ2) is 8.77. The third-order valence-corrected chi connectivity index (χ3v) is 5.01. The quantitative estimate of drug-likeness (QED) is 0.480. The maximum absolute atomic E-state index is 10.4. The highest BCUT2D eigenvalue weighted by Gasteiger charge is 2.23. The van der Waals surface area contributed by atoms with E-state index in [0.717, 1.165) is 17.6 Å². The maximum atomic E-state index is 10.4. The number of halogens is 1. The minimum atomic E-state index is 0.0608. The molecule has 8 heteroatoms. The van der Waals surface area contributed by atoms with Crippen LogP contribution in [0.3, 0.4) is 0 Å². The van der Waals surface area contributed by atoms with Gasteiger partial charge in [0.15, 0.2) is 5.84 Å². The lowest BCUT2D eigenvalue weighted by atomic mass is 10.1. The van der Waals surface area contributed by atoms with Crippen molar-refractivity contribution in [2.75, 3.05) is 7.11 Å². The third-order valence-electron chi connectivity index (χ3n) is 3.17. The molecule has 6 nitrogen and oxygen atoms in total. The predicted molar refractivity (Wildman–Crippen MR) is 96.3 cm³/mol. The van der Waals surface area contributed by atoms with Gasteiger partial charge in [0, 0.05) is 22.8 Å². The molecule has 1 aromatic heterocycles. The lowest BCUT2D eigenvalue weighted by Crippen LogP contribution is -2.15. The number of nitrogens with two attached hydrogens (primary N) is 1. The fraction of sp³-hybridized carbons (Fsp3) is 0.250. The van der Waals surface area contributed by atoms with Crippen LogP contribution in [0.2, 0.25) is 5.02 Å². The standard InChI is InChI=1S/C15H13ClN4OS.CH4O/c16-11-5-9(1-4-14(11)22-10-2-3-10)12-6-13(19-7-18-12)15(17)20-8-21;1-2/h1,4-8,10H,2-3H2,(H2,17,20,21);2H,1H3. The number of carbonyl (C=O) groups is 1. The highest BCUT2D eigenvalue weighted by Crippen LogP contribution is 2.42. The van der Waals surface area contributed by atoms with Gasteiger partial charge >= 0.3 is 0 Å². The number of aliphatic hydroxyl groups excluding tert-OH is 1. The van der Waals surface area contributed by atoms with E-state index in [1.54, 1.807) is 6.07 Å². The first-order valence-electron chi connectivity index (χ1n) is 7.18. The summed E-state index contributed by atoms with van der Waals surface area (Å²) >= 11 is 8.16. The molecule has 0 saturated heterocycles. The summed E-state index contributed by atoms with van der Waals surface area (Å²) in [4.78, 5) is 23.2. The molecule has 1 fully saturated rings. The summed E-state index contributed by atoms with van der Waals surface area (Å²) in [5.74, 6) is 0.0608. The molecule has 1 heterocycles. The molecule has 1 aliphatic carbocycles. The van der Waals surface area contributed by atoms with Crippen LogP contribution < -0.4 is 5.73 Å². The van der Waals surface area contributed by atoms with Crippen LogP contribution >= 0.6 is 23.4 Å². The lowest BCUT2D eigenvalue weighted by molar-refractivity contribution is -0.106. The summed E-state index contributed by atoms with van der Waals surface area (Å²) in [6, 6.07) is 7.54. The minimum Gasteiger partial charge on any atom is -0.400 e. The normalized spacial score (nSPS) is 13.9. The topological polar surface area (TPSA) is 101 Å². The van der Waals surface area contributed by atoms with Gasteiger partial charge in [0.1, 0.15) is 12.0 Å². The molecule has 0 unspecified atom stereocenters. The van der Waals surface area contributed by atoms with Crippen LogP contribution in [0.25, 0.3) is 11.3 Å². The molecule has 1 aliphatic rings. The van der Waals surface area contributed by atoms with Crippen molar-refractivity contribution in [3.63, 3.8) is 0 Å². The Morgan fingerprint density at radius 1 is 1.38 bits per heavy atom. The van der Waals surface area contributed by atoms with Gasteiger partial charge in [-0.1, -0.05) is 17.7 Å². The smallest absolute Gasteiger partial charge is 0.234 e. The van der Waals surface area contributed by atoms with Crippen molar-refractivity contribution in [2.45, 2.75) is 23.0 Å². The Labute approximate surface area is 149 Å². The largest absolute Gasteiger partial charge is 0.400 e. The van der Waals surface area contributed by atoms with Crippen molar-refractivity contribution in [1.82, 2.24) is 9.97 Å². The fourth-order valence-corrected chi connectivity index (χ4v) is 3.26. The first-order chi connectivity index (χ1) is 11.7. The number of thioether (sulfide) groups is 1. The number of carbonyl (C=O) groups excluding carboxylic acids is 1. The molecular formula is C16H17ClN4O2S. The second-order valence-corrected chi connectivity index (χ2v) is 6.62. The Hall–Kier alpha value is -1.96. The van der Waals surface area contributed by atoms with Crippen LogP contribution in [0.15, 0.2) is 40.5 Å². The van der Waals surface area contributed by atoms with Crippen LogP contribution in [0.4, 0.5) is 0 Å². The molecular weight excluding hydrogens is 348 g/mol. The zero-order chi connectivity index (χ0) is 17.5. The van der Waals surface area contributed by atoms with E-state index >= 15 is 0 Å². The van der Waals surface area contributed by atoms with Crippen LogP contribution in [-0.2, 0) is 4.79 Å². The van der Waals surface area contributed by atoms with Crippen molar-refractivity contribution in [3.05, 3.63) is 41.3 Å². The summed E-state index contributed by atoms with van der Waals surface area (Å²) < 4.78 is 0. The molecule has 2 aromatic rings. The monoisotopic (exact) mass is 364 g/mol. The van der Waals surface area contributed by atoms with E-state index in [2.05, 4.69) is 15.0 Å². The van der Waals surface area contributed by atoms with E-state index in [1.807, 2.05) is 30.0 Å². The van der Waals surface area contributed by atoms with E-state index in [0.29, 0.717) is 28.1 Å². The Balaban J connectivity index is 0.00000100. The first-order valence-corrected chi connectivity index (χ1v) is 8.44. The number of rotatable bonds is 5. The average molecular weight is 365 g/mol. The highest BCUT2D eigenvalue weighted by molar-refractivity contribution is 8.00. The van der Waals surface area contributed by atoms with Gasteiger partial charge in [-0.15, -0.1) is 11.8 Å². The minimum absolute atomic E-state index is 0.0608. The van der Waals surface area contributed by atoms with Crippen molar-refractivity contribution in [1.29, 1.82) is 0 Å². The molecule has 3 N–H and O–H groups in total. The van der Waals surface area contributed by atoms with Gasteiger partial charge in [0.25, 0.3) is 0 Å². The number of hydrogen-bond donors (Lipinski definition) is 2. The fourth-order valence-electron chi connectivity index (χ4n) is 1.90. The summed E-state index contributed by atoms with van der Waals surface area (Å²) in [6.07, 6.45) is 4.29. The molecule has 0 bridgehead atoms. The van der Waals surface area contributed by atoms with Crippen molar-refractivity contribution in [3.8, 4) is 11.3 Å². The van der Waals surface area contributed by atoms with Gasteiger partial charge in [-0.2, -0.15) is 4.99 Å². The first kappa shape index (κ1) is 18.4. The molecule has 0 radical (unpaired) electrons. The van der Waals surface area contributed by atoms with E-state index in [4.69, 9.17) is 22.4 Å². The zero-order valence-corrected chi connectivity index (χ0v) is 14.6. The van der Waals surface area contributed by atoms with Crippen molar-refractivity contribution < 1.29 is 9.90 Å². The van der Waals surface area contributed by atoms with Crippen LogP contribution in [0, 0.1) is 0 Å². The Kier molecular flexibility index (Phi) is 6.72. The second-order valence-electron chi connectivity index (χ2n) is 4.87. The number of amidine groups is 1. The number of benzene rings is 1. The Morgan fingerprint density at radius 2 is 2.12 bits per heavy atom. The summed E-state index contributed by atoms with van der Waals surface area (Å²) in [5, 5.41) is 8.41. The number of nitrogens with zero attached hydrogens (tertiary/aromatic N) is 3. The van der Waals surface area contributed by atoms with Gasteiger partial charge in [0.05, 0.1) is 10.7 Å². The summed E-state index contributed by atoms with van der Waals surface area (Å²) in [6.45, 7) is 0. The van der Waals surface area contributed by atoms with E-state index in [9.17, 15) is 4.79 Å². The lowest BCUT2D eigenvalue weighted by Gasteiger charge is -2.07. The molecule has 1 amide bonds. The summed E-state index contributed by atoms with van der Waals surface area (Å²) in [5.41, 5.74) is 7.62. The third kappa shape index (κ3) is 4.77. The van der Waals surface area contributed by atoms with Crippen LogP contribution in [-0.4, -0.2) is 39.7 Å². The number of hydrogen-bond acceptors (Lipinski definition) is 5. The van der Waals surface area contributed by atoms with Gasteiger partial charge in [-0.05, 0) is 31.0 Å². The Morgan fingerprint density at radius 3 is 2.75 bits per heavy atom. The molecule has 126 valence electrons. The SMILES string of the molecule is CO.NC(=NC=O)c1cc(-c2ccc(SC3CC3)c(Cl)c2)ncn1. The van der Waals surface area contributed by atoms with E-state index in [1.165, 1.54) is 19.2 Å². The molecule has 3 rings (SSSR count).